The number of benzene rings is 1. The minimum Gasteiger partial charge on any atom is -0.324 e. The van der Waals surface area contributed by atoms with E-state index >= 15 is 0 Å². The summed E-state index contributed by atoms with van der Waals surface area (Å²) in [5.41, 5.74) is 9.08. The van der Waals surface area contributed by atoms with E-state index in [1.807, 2.05) is 54.5 Å². The molecule has 0 aliphatic rings. The molecule has 0 saturated heterocycles. The average Bonchev–Trinajstić information content (AvgIpc) is 3.09. The molecule has 3 rings (SSSR count). The molecule has 2 aromatic heterocycles. The highest BCUT2D eigenvalue weighted by Crippen LogP contribution is 2.16. The van der Waals surface area contributed by atoms with Crippen LogP contribution in [0.3, 0.4) is 0 Å². The first-order valence-electron chi connectivity index (χ1n) is 6.43. The molecule has 0 fully saturated rings. The molecule has 1 unspecified atom stereocenters. The van der Waals surface area contributed by atoms with Crippen LogP contribution >= 0.6 is 0 Å². The maximum Gasteiger partial charge on any atom is 0.0845 e. The van der Waals surface area contributed by atoms with Crippen LogP contribution in [0.5, 0.6) is 0 Å². The Morgan fingerprint density at radius 3 is 2.70 bits per heavy atom. The second-order valence-corrected chi connectivity index (χ2v) is 4.75. The number of nitrogens with zero attached hydrogens (tertiary/aromatic N) is 5. The molecule has 2 N–H and O–H groups in total. The van der Waals surface area contributed by atoms with Gasteiger partial charge < -0.3 is 5.73 Å². The van der Waals surface area contributed by atoms with E-state index in [9.17, 15) is 0 Å². The lowest BCUT2D eigenvalue weighted by molar-refractivity contribution is 0.693. The number of nitrogens with two attached hydrogens (primary N) is 1. The van der Waals surface area contributed by atoms with Crippen LogP contribution in [-0.2, 0) is 13.5 Å². The maximum absolute atomic E-state index is 6.20. The summed E-state index contributed by atoms with van der Waals surface area (Å²) in [7, 11) is 1.84. The molecule has 0 aliphatic carbocycles. The second-order valence-electron chi connectivity index (χ2n) is 4.75. The first-order valence-corrected chi connectivity index (χ1v) is 6.43. The standard InChI is InChI=1S/C14H16N6/c1-19-10-12(17-18-19)7-14(15)11-8-16-20(9-11)13-5-3-2-4-6-13/h2-6,8-10,14H,7,15H2,1H3. The number of hydrogen-bond acceptors (Lipinski definition) is 4. The van der Waals surface area contributed by atoms with Gasteiger partial charge in [-0.3, -0.25) is 4.68 Å². The van der Waals surface area contributed by atoms with Gasteiger partial charge in [0.05, 0.1) is 17.6 Å². The summed E-state index contributed by atoms with van der Waals surface area (Å²) in [6, 6.07) is 9.82. The van der Waals surface area contributed by atoms with Gasteiger partial charge in [0.2, 0.25) is 0 Å². The van der Waals surface area contributed by atoms with Crippen molar-refractivity contribution in [1.82, 2.24) is 24.8 Å². The molecule has 0 radical (unpaired) electrons. The lowest BCUT2D eigenvalue weighted by Gasteiger charge is -2.06. The molecule has 102 valence electrons. The summed E-state index contributed by atoms with van der Waals surface area (Å²) in [6.45, 7) is 0. The monoisotopic (exact) mass is 268 g/mol. The van der Waals surface area contributed by atoms with E-state index in [2.05, 4.69) is 15.4 Å². The molecule has 3 aromatic rings. The molecule has 1 atom stereocenters. The molecule has 0 amide bonds. The number of hydrogen-bond donors (Lipinski definition) is 1. The maximum atomic E-state index is 6.20. The highest BCUT2D eigenvalue weighted by molar-refractivity contribution is 5.31. The highest BCUT2D eigenvalue weighted by atomic mass is 15.4. The van der Waals surface area contributed by atoms with E-state index < -0.39 is 0 Å². The van der Waals surface area contributed by atoms with Gasteiger partial charge in [0, 0.05) is 37.5 Å². The topological polar surface area (TPSA) is 74.6 Å². The Balaban J connectivity index is 1.76. The Morgan fingerprint density at radius 1 is 1.20 bits per heavy atom. The Hall–Kier alpha value is -2.47. The fourth-order valence-electron chi connectivity index (χ4n) is 2.08. The number of para-hydroxylation sites is 1. The van der Waals surface area contributed by atoms with Crippen molar-refractivity contribution in [2.75, 3.05) is 0 Å². The lowest BCUT2D eigenvalue weighted by atomic mass is 10.1. The normalized spacial score (nSPS) is 12.5. The third-order valence-corrected chi connectivity index (χ3v) is 3.13. The van der Waals surface area contributed by atoms with Gasteiger partial charge in [-0.1, -0.05) is 23.4 Å². The molecule has 6 nitrogen and oxygen atoms in total. The summed E-state index contributed by atoms with van der Waals surface area (Å²) >= 11 is 0. The van der Waals surface area contributed by atoms with Gasteiger partial charge in [-0.15, -0.1) is 5.10 Å². The van der Waals surface area contributed by atoms with Crippen molar-refractivity contribution < 1.29 is 0 Å². The van der Waals surface area contributed by atoms with E-state index in [1.54, 1.807) is 10.9 Å². The Kier molecular flexibility index (Phi) is 3.30. The van der Waals surface area contributed by atoms with Crippen LogP contribution in [0.15, 0.2) is 48.9 Å². The summed E-state index contributed by atoms with van der Waals surface area (Å²) < 4.78 is 3.50. The van der Waals surface area contributed by atoms with Crippen LogP contribution in [0.4, 0.5) is 0 Å². The van der Waals surface area contributed by atoms with E-state index in [4.69, 9.17) is 5.73 Å². The summed E-state index contributed by atoms with van der Waals surface area (Å²) in [5.74, 6) is 0. The number of aryl methyl sites for hydroxylation is 1. The predicted molar refractivity (Wildman–Crippen MR) is 75.2 cm³/mol. The average molecular weight is 268 g/mol. The van der Waals surface area contributed by atoms with Crippen molar-refractivity contribution in [2.45, 2.75) is 12.5 Å². The van der Waals surface area contributed by atoms with E-state index in [1.165, 1.54) is 0 Å². The lowest BCUT2D eigenvalue weighted by Crippen LogP contribution is -2.13. The summed E-state index contributed by atoms with van der Waals surface area (Å²) in [4.78, 5) is 0. The van der Waals surface area contributed by atoms with Gasteiger partial charge in [-0.2, -0.15) is 5.10 Å². The summed E-state index contributed by atoms with van der Waals surface area (Å²) in [5, 5.41) is 12.3. The van der Waals surface area contributed by atoms with Crippen LogP contribution in [0, 0.1) is 0 Å². The van der Waals surface area contributed by atoms with E-state index in [0.717, 1.165) is 16.9 Å². The molecule has 0 spiro atoms. The fraction of sp³-hybridized carbons (Fsp3) is 0.214. The van der Waals surface area contributed by atoms with Crippen molar-refractivity contribution in [3.8, 4) is 5.69 Å². The van der Waals surface area contributed by atoms with Crippen molar-refractivity contribution in [1.29, 1.82) is 0 Å². The molecule has 20 heavy (non-hydrogen) atoms. The molecule has 2 heterocycles. The summed E-state index contributed by atoms with van der Waals surface area (Å²) in [6.07, 6.45) is 6.28. The van der Waals surface area contributed by atoms with Gasteiger partial charge >= 0.3 is 0 Å². The molecule has 0 aliphatic heterocycles. The van der Waals surface area contributed by atoms with Gasteiger partial charge in [0.1, 0.15) is 0 Å². The molecular formula is C14H16N6. The van der Waals surface area contributed by atoms with Crippen molar-refractivity contribution in [2.24, 2.45) is 12.8 Å². The van der Waals surface area contributed by atoms with Gasteiger partial charge in [-0.25, -0.2) is 4.68 Å². The zero-order valence-electron chi connectivity index (χ0n) is 11.2. The zero-order valence-corrected chi connectivity index (χ0v) is 11.2. The molecular weight excluding hydrogens is 252 g/mol. The van der Waals surface area contributed by atoms with Gasteiger partial charge in [-0.05, 0) is 12.1 Å². The largest absolute Gasteiger partial charge is 0.324 e. The first-order chi connectivity index (χ1) is 9.72. The fourth-order valence-corrected chi connectivity index (χ4v) is 2.08. The second kappa shape index (κ2) is 5.26. The van der Waals surface area contributed by atoms with E-state index in [0.29, 0.717) is 6.42 Å². The minimum absolute atomic E-state index is 0.135. The van der Waals surface area contributed by atoms with Crippen molar-refractivity contribution in [3.63, 3.8) is 0 Å². The van der Waals surface area contributed by atoms with Crippen LogP contribution in [-0.4, -0.2) is 24.8 Å². The number of rotatable bonds is 4. The Morgan fingerprint density at radius 2 is 2.00 bits per heavy atom. The Bertz CT molecular complexity index is 685. The first kappa shape index (κ1) is 12.6. The van der Waals surface area contributed by atoms with Crippen LogP contribution in [0.2, 0.25) is 0 Å². The van der Waals surface area contributed by atoms with Crippen LogP contribution < -0.4 is 5.73 Å². The SMILES string of the molecule is Cn1cc(CC(N)c2cnn(-c3ccccc3)c2)nn1. The Labute approximate surface area is 116 Å². The van der Waals surface area contributed by atoms with E-state index in [-0.39, 0.29) is 6.04 Å². The third kappa shape index (κ3) is 2.60. The van der Waals surface area contributed by atoms with Crippen LogP contribution in [0.25, 0.3) is 5.69 Å². The van der Waals surface area contributed by atoms with Crippen molar-refractivity contribution in [3.05, 3.63) is 60.2 Å². The molecule has 0 bridgehead atoms. The molecule has 6 heteroatoms. The quantitative estimate of drug-likeness (QED) is 0.772. The predicted octanol–water partition coefficient (Wildman–Crippen LogP) is 1.24. The van der Waals surface area contributed by atoms with Crippen molar-refractivity contribution >= 4 is 0 Å². The van der Waals surface area contributed by atoms with Crippen LogP contribution in [0.1, 0.15) is 17.3 Å². The van der Waals surface area contributed by atoms with Gasteiger partial charge in [0.25, 0.3) is 0 Å². The molecule has 0 saturated carbocycles. The minimum atomic E-state index is -0.135. The molecule has 1 aromatic carbocycles. The zero-order chi connectivity index (χ0) is 13.9. The smallest absolute Gasteiger partial charge is 0.0845 e. The number of aromatic nitrogens is 5. The third-order valence-electron chi connectivity index (χ3n) is 3.13. The highest BCUT2D eigenvalue weighted by Gasteiger charge is 2.12. The van der Waals surface area contributed by atoms with Gasteiger partial charge in [0.15, 0.2) is 0 Å².